The zero-order valence-electron chi connectivity index (χ0n) is 19.8. The molecular weight excluding hydrogens is 498 g/mol. The van der Waals surface area contributed by atoms with Crippen LogP contribution in [0.1, 0.15) is 24.4 Å². The van der Waals surface area contributed by atoms with E-state index in [1.807, 2.05) is 54.6 Å². The molecule has 0 aliphatic heterocycles. The number of rotatable bonds is 10. The third-order valence-corrected chi connectivity index (χ3v) is 8.67. The molecule has 0 saturated heterocycles. The second-order valence-corrected chi connectivity index (χ2v) is 10.9. The number of thiazole rings is 1. The van der Waals surface area contributed by atoms with Crippen LogP contribution >= 0.6 is 11.3 Å². The van der Waals surface area contributed by atoms with Gasteiger partial charge in [-0.2, -0.15) is 9.41 Å². The van der Waals surface area contributed by atoms with Gasteiger partial charge in [0, 0.05) is 25.6 Å². The number of fused-ring (bicyclic) bond motifs is 1. The highest BCUT2D eigenvalue weighted by Crippen LogP contribution is 2.29. The van der Waals surface area contributed by atoms with Crippen LogP contribution < -0.4 is 5.43 Å². The summed E-state index contributed by atoms with van der Waals surface area (Å²) in [7, 11) is -3.84. The van der Waals surface area contributed by atoms with Gasteiger partial charge in [0.15, 0.2) is 0 Å². The molecule has 11 heteroatoms. The number of nitro benzene ring substituents is 1. The summed E-state index contributed by atoms with van der Waals surface area (Å²) in [5, 5.41) is 17.2. The van der Waals surface area contributed by atoms with Gasteiger partial charge in [0.05, 0.1) is 30.8 Å². The largest absolute Gasteiger partial charge is 0.295 e. The van der Waals surface area contributed by atoms with E-state index in [0.717, 1.165) is 26.9 Å². The van der Waals surface area contributed by atoms with Crippen LogP contribution in [0.15, 0.2) is 82.8 Å². The predicted molar refractivity (Wildman–Crippen MR) is 143 cm³/mol. The molecule has 1 heterocycles. The van der Waals surface area contributed by atoms with Crippen molar-refractivity contribution in [1.29, 1.82) is 0 Å². The second kappa shape index (κ2) is 10.9. The molecule has 0 unspecified atom stereocenters. The van der Waals surface area contributed by atoms with E-state index in [4.69, 9.17) is 0 Å². The number of para-hydroxylation sites is 1. The molecule has 0 radical (unpaired) electrons. The molecule has 36 heavy (non-hydrogen) atoms. The van der Waals surface area contributed by atoms with Crippen LogP contribution in [0.3, 0.4) is 0 Å². The zero-order chi connectivity index (χ0) is 25.7. The third kappa shape index (κ3) is 5.43. The Morgan fingerprint density at radius 2 is 1.75 bits per heavy atom. The highest BCUT2D eigenvalue weighted by atomic mass is 32.2. The summed E-state index contributed by atoms with van der Waals surface area (Å²) < 4.78 is 28.0. The maximum absolute atomic E-state index is 12.9. The van der Waals surface area contributed by atoms with Gasteiger partial charge in [0.25, 0.3) is 5.69 Å². The number of nitrogens with one attached hydrogen (secondary N) is 1. The van der Waals surface area contributed by atoms with Gasteiger partial charge in [0.2, 0.25) is 10.0 Å². The molecular formula is C25H25N5O4S2. The molecule has 3 aromatic carbocycles. The lowest BCUT2D eigenvalue weighted by molar-refractivity contribution is -0.384. The first-order chi connectivity index (χ1) is 17.3. The Hall–Kier alpha value is -3.67. The highest BCUT2D eigenvalue weighted by Gasteiger charge is 2.25. The standard InChI is InChI=1S/C25H25N5O4S2/c1-3-29(4-2)36(33,34)19-14-15-20(23(16-19)30(31)32)27-28-22(18-10-6-5-7-11-18)17-25-26-21-12-8-9-13-24(21)35-25/h5-16,27H,3-4,17H2,1-2H3/b28-22-. The summed E-state index contributed by atoms with van der Waals surface area (Å²) >= 11 is 1.56. The number of hydrazone groups is 1. The third-order valence-electron chi connectivity index (χ3n) is 5.58. The van der Waals surface area contributed by atoms with Gasteiger partial charge >= 0.3 is 0 Å². The molecule has 0 spiro atoms. The van der Waals surface area contributed by atoms with Crippen LogP contribution in [-0.4, -0.2) is 41.4 Å². The van der Waals surface area contributed by atoms with Crippen molar-refractivity contribution >= 4 is 48.7 Å². The van der Waals surface area contributed by atoms with Crippen LogP contribution in [0, 0.1) is 10.1 Å². The molecule has 0 atom stereocenters. The number of nitro groups is 1. The van der Waals surface area contributed by atoms with Crippen LogP contribution in [0.4, 0.5) is 11.4 Å². The van der Waals surface area contributed by atoms with Gasteiger partial charge in [-0.25, -0.2) is 13.4 Å². The van der Waals surface area contributed by atoms with E-state index >= 15 is 0 Å². The predicted octanol–water partition coefficient (Wildman–Crippen LogP) is 5.29. The smallest absolute Gasteiger partial charge is 0.271 e. The Morgan fingerprint density at radius 1 is 1.06 bits per heavy atom. The number of sulfonamides is 1. The number of anilines is 1. The Bertz CT molecular complexity index is 1480. The van der Waals surface area contributed by atoms with Gasteiger partial charge < -0.3 is 0 Å². The zero-order valence-corrected chi connectivity index (χ0v) is 21.4. The van der Waals surface area contributed by atoms with Crippen molar-refractivity contribution in [2.24, 2.45) is 5.10 Å². The van der Waals surface area contributed by atoms with E-state index in [-0.39, 0.29) is 29.4 Å². The van der Waals surface area contributed by atoms with E-state index in [2.05, 4.69) is 15.5 Å². The maximum Gasteiger partial charge on any atom is 0.295 e. The molecule has 0 aliphatic rings. The van der Waals surface area contributed by atoms with Crippen molar-refractivity contribution in [3.05, 3.63) is 93.5 Å². The first-order valence-corrected chi connectivity index (χ1v) is 13.6. The van der Waals surface area contributed by atoms with Crippen molar-refractivity contribution in [2.75, 3.05) is 18.5 Å². The Balaban J connectivity index is 1.69. The summed E-state index contributed by atoms with van der Waals surface area (Å²) in [5.41, 5.74) is 4.90. The quantitative estimate of drug-likeness (QED) is 0.171. The van der Waals surface area contributed by atoms with Crippen LogP contribution in [0.2, 0.25) is 0 Å². The van der Waals surface area contributed by atoms with Crippen molar-refractivity contribution < 1.29 is 13.3 Å². The molecule has 0 amide bonds. The molecule has 0 saturated carbocycles. The normalized spacial score (nSPS) is 12.2. The number of aromatic nitrogens is 1. The van der Waals surface area contributed by atoms with Gasteiger partial charge in [-0.15, -0.1) is 11.3 Å². The average molecular weight is 524 g/mol. The SMILES string of the molecule is CCN(CC)S(=O)(=O)c1ccc(N/N=C(/Cc2nc3ccccc3s2)c2ccccc2)c([N+](=O)[O-])c1. The lowest BCUT2D eigenvalue weighted by Gasteiger charge is -2.18. The van der Waals surface area contributed by atoms with Crippen LogP contribution in [0.25, 0.3) is 10.2 Å². The van der Waals surface area contributed by atoms with E-state index in [1.54, 1.807) is 25.2 Å². The maximum atomic E-state index is 12.9. The lowest BCUT2D eigenvalue weighted by atomic mass is 10.1. The number of nitrogens with zero attached hydrogens (tertiary/aromatic N) is 4. The van der Waals surface area contributed by atoms with E-state index < -0.39 is 14.9 Å². The minimum Gasteiger partial charge on any atom is -0.271 e. The molecule has 0 fully saturated rings. The molecule has 0 aliphatic carbocycles. The molecule has 9 nitrogen and oxygen atoms in total. The number of hydrogen-bond acceptors (Lipinski definition) is 8. The fourth-order valence-corrected chi connectivity index (χ4v) is 6.18. The van der Waals surface area contributed by atoms with E-state index in [0.29, 0.717) is 12.1 Å². The molecule has 0 bridgehead atoms. The topological polar surface area (TPSA) is 118 Å². The number of hydrogen-bond donors (Lipinski definition) is 1. The molecule has 1 aromatic heterocycles. The highest BCUT2D eigenvalue weighted by molar-refractivity contribution is 7.89. The Labute approximate surface area is 213 Å². The number of benzene rings is 3. The van der Waals surface area contributed by atoms with Crippen molar-refractivity contribution in [1.82, 2.24) is 9.29 Å². The Morgan fingerprint density at radius 3 is 2.42 bits per heavy atom. The summed E-state index contributed by atoms with van der Waals surface area (Å²) in [6, 6.07) is 21.1. The second-order valence-electron chi connectivity index (χ2n) is 7.81. The molecule has 186 valence electrons. The summed E-state index contributed by atoms with van der Waals surface area (Å²) in [5.74, 6) is 0. The lowest BCUT2D eigenvalue weighted by Crippen LogP contribution is -2.30. The van der Waals surface area contributed by atoms with Gasteiger partial charge in [0.1, 0.15) is 5.69 Å². The summed E-state index contributed by atoms with van der Waals surface area (Å²) in [6.07, 6.45) is 0.415. The van der Waals surface area contributed by atoms with Crippen molar-refractivity contribution in [3.8, 4) is 0 Å². The van der Waals surface area contributed by atoms with Crippen LogP contribution in [0.5, 0.6) is 0 Å². The molecule has 4 aromatic rings. The summed E-state index contributed by atoms with van der Waals surface area (Å²) in [4.78, 5) is 15.7. The van der Waals surface area contributed by atoms with Gasteiger partial charge in [-0.1, -0.05) is 56.3 Å². The van der Waals surface area contributed by atoms with Crippen LogP contribution in [-0.2, 0) is 16.4 Å². The summed E-state index contributed by atoms with van der Waals surface area (Å²) in [6.45, 7) is 3.97. The van der Waals surface area contributed by atoms with Crippen molar-refractivity contribution in [3.63, 3.8) is 0 Å². The Kier molecular flexibility index (Phi) is 7.73. The fourth-order valence-electron chi connectivity index (χ4n) is 3.73. The average Bonchev–Trinajstić information content (AvgIpc) is 3.30. The van der Waals surface area contributed by atoms with Gasteiger partial charge in [-0.05, 0) is 29.8 Å². The van der Waals surface area contributed by atoms with Gasteiger partial charge in [-0.3, -0.25) is 15.5 Å². The molecule has 1 N–H and O–H groups in total. The minimum absolute atomic E-state index is 0.0937. The monoisotopic (exact) mass is 523 g/mol. The minimum atomic E-state index is -3.84. The first kappa shape index (κ1) is 25.4. The van der Waals surface area contributed by atoms with E-state index in [9.17, 15) is 18.5 Å². The van der Waals surface area contributed by atoms with Crippen molar-refractivity contribution in [2.45, 2.75) is 25.2 Å². The fraction of sp³-hybridized carbons (Fsp3) is 0.200. The molecule has 4 rings (SSSR count). The van der Waals surface area contributed by atoms with E-state index in [1.165, 1.54) is 16.4 Å². The first-order valence-electron chi connectivity index (χ1n) is 11.3.